The van der Waals surface area contributed by atoms with Gasteiger partial charge >= 0.3 is 5.76 Å². The number of carbonyl (C=O) groups is 2. The quantitative estimate of drug-likeness (QED) is 0.878. The molecular formula is C18H23N3O4S. The number of nitrogens with zero attached hydrogens (tertiary/aromatic N) is 2. The normalized spacial score (nSPS) is 17.7. The van der Waals surface area contributed by atoms with E-state index in [9.17, 15) is 14.4 Å². The Morgan fingerprint density at radius 1 is 1.31 bits per heavy atom. The second-order valence-electron chi connectivity index (χ2n) is 7.36. The first-order chi connectivity index (χ1) is 12.3. The lowest BCUT2D eigenvalue weighted by Crippen LogP contribution is -2.52. The minimum atomic E-state index is -0.475. The molecule has 1 aliphatic heterocycles. The molecule has 7 nitrogen and oxygen atoms in total. The van der Waals surface area contributed by atoms with Crippen LogP contribution in [0.15, 0.2) is 33.5 Å². The molecule has 140 valence electrons. The maximum absolute atomic E-state index is 12.7. The molecule has 0 radical (unpaired) electrons. The van der Waals surface area contributed by atoms with Crippen LogP contribution in [0.1, 0.15) is 27.2 Å². The number of benzene rings is 1. The summed E-state index contributed by atoms with van der Waals surface area (Å²) in [6.45, 7) is 5.96. The summed E-state index contributed by atoms with van der Waals surface area (Å²) in [4.78, 5) is 38.7. The molecule has 2 aromatic rings. The Morgan fingerprint density at radius 3 is 2.77 bits per heavy atom. The van der Waals surface area contributed by atoms with Crippen molar-refractivity contribution in [2.45, 2.75) is 45.3 Å². The summed E-state index contributed by atoms with van der Waals surface area (Å²) < 4.78 is 6.64. The smallest absolute Gasteiger partial charge is 0.408 e. The molecule has 0 spiro atoms. The summed E-state index contributed by atoms with van der Waals surface area (Å²) in [6.07, 6.45) is 0.142. The molecule has 26 heavy (non-hydrogen) atoms. The van der Waals surface area contributed by atoms with Crippen LogP contribution in [-0.2, 0) is 16.1 Å². The number of fused-ring (bicyclic) bond motifs is 1. The number of amides is 2. The van der Waals surface area contributed by atoms with Crippen molar-refractivity contribution < 1.29 is 14.0 Å². The van der Waals surface area contributed by atoms with Gasteiger partial charge in [-0.3, -0.25) is 14.2 Å². The van der Waals surface area contributed by atoms with Crippen LogP contribution >= 0.6 is 11.8 Å². The van der Waals surface area contributed by atoms with E-state index in [1.807, 2.05) is 26.8 Å². The van der Waals surface area contributed by atoms with E-state index in [0.717, 1.165) is 0 Å². The van der Waals surface area contributed by atoms with Crippen molar-refractivity contribution >= 4 is 34.7 Å². The summed E-state index contributed by atoms with van der Waals surface area (Å²) in [5.41, 5.74) is 0.828. The van der Waals surface area contributed by atoms with E-state index in [2.05, 4.69) is 5.32 Å². The summed E-state index contributed by atoms with van der Waals surface area (Å²) >= 11 is 1.56. The number of hydrogen-bond donors (Lipinski definition) is 1. The van der Waals surface area contributed by atoms with Crippen molar-refractivity contribution in [3.05, 3.63) is 34.8 Å². The highest BCUT2D eigenvalue weighted by atomic mass is 32.2. The third-order valence-electron chi connectivity index (χ3n) is 4.13. The summed E-state index contributed by atoms with van der Waals surface area (Å²) in [5.74, 6) is 0.324. The molecule has 1 N–H and O–H groups in total. The van der Waals surface area contributed by atoms with Crippen LogP contribution in [0.2, 0.25) is 0 Å². The van der Waals surface area contributed by atoms with E-state index in [0.29, 0.717) is 22.7 Å². The van der Waals surface area contributed by atoms with E-state index in [-0.39, 0.29) is 30.3 Å². The molecule has 0 saturated carbocycles. The zero-order valence-electron chi connectivity index (χ0n) is 15.2. The molecule has 2 heterocycles. The van der Waals surface area contributed by atoms with Crippen LogP contribution in [0, 0.1) is 0 Å². The minimum absolute atomic E-state index is 0.137. The second kappa shape index (κ2) is 7.19. The Balaban J connectivity index is 1.68. The average Bonchev–Trinajstić information content (AvgIpc) is 3.15. The van der Waals surface area contributed by atoms with Crippen LogP contribution < -0.4 is 11.1 Å². The number of thioether (sulfide) groups is 1. The molecule has 0 bridgehead atoms. The maximum Gasteiger partial charge on any atom is 0.419 e. The van der Waals surface area contributed by atoms with Gasteiger partial charge in [-0.1, -0.05) is 12.1 Å². The van der Waals surface area contributed by atoms with E-state index in [4.69, 9.17) is 4.42 Å². The van der Waals surface area contributed by atoms with Crippen molar-refractivity contribution in [1.82, 2.24) is 14.8 Å². The Bertz CT molecular complexity index is 880. The lowest BCUT2D eigenvalue weighted by molar-refractivity contribution is -0.138. The molecule has 1 atom stereocenters. The van der Waals surface area contributed by atoms with E-state index >= 15 is 0 Å². The van der Waals surface area contributed by atoms with Crippen molar-refractivity contribution in [2.75, 3.05) is 11.6 Å². The molecule has 1 aromatic heterocycles. The third kappa shape index (κ3) is 3.95. The Morgan fingerprint density at radius 2 is 2.04 bits per heavy atom. The fourth-order valence-electron chi connectivity index (χ4n) is 2.94. The van der Waals surface area contributed by atoms with Gasteiger partial charge in [-0.25, -0.2) is 4.79 Å². The number of carbonyl (C=O) groups excluding carboxylic acids is 2. The molecule has 1 fully saturated rings. The van der Waals surface area contributed by atoms with Gasteiger partial charge in [0.05, 0.1) is 11.4 Å². The first-order valence-corrected chi connectivity index (χ1v) is 9.69. The maximum atomic E-state index is 12.7. The van der Waals surface area contributed by atoms with Gasteiger partial charge in [0.15, 0.2) is 5.58 Å². The van der Waals surface area contributed by atoms with Crippen LogP contribution in [0.25, 0.3) is 11.1 Å². The molecule has 0 aliphatic carbocycles. The number of para-hydroxylation sites is 2. The number of nitrogens with one attached hydrogen (secondary N) is 1. The van der Waals surface area contributed by atoms with Crippen molar-refractivity contribution in [1.29, 1.82) is 0 Å². The highest BCUT2D eigenvalue weighted by molar-refractivity contribution is 7.99. The van der Waals surface area contributed by atoms with E-state index in [1.54, 1.807) is 34.9 Å². The predicted molar refractivity (Wildman–Crippen MR) is 101 cm³/mol. The standard InChI is InChI=1S/C18H23N3O4S/c1-18(2,3)19-16(23)13-10-26-11-21(13)15(22)8-9-20-12-6-4-5-7-14(12)25-17(20)24/h4-7,13H,8-11H2,1-3H3,(H,19,23). The Hall–Kier alpha value is -2.22. The molecule has 1 aromatic carbocycles. The third-order valence-corrected chi connectivity index (χ3v) is 5.14. The van der Waals surface area contributed by atoms with Crippen LogP contribution in [0.5, 0.6) is 0 Å². The lowest BCUT2D eigenvalue weighted by atomic mass is 10.1. The molecule has 1 unspecified atom stereocenters. The van der Waals surface area contributed by atoms with Gasteiger partial charge in [-0.05, 0) is 32.9 Å². The van der Waals surface area contributed by atoms with E-state index in [1.165, 1.54) is 4.57 Å². The van der Waals surface area contributed by atoms with Crippen LogP contribution in [-0.4, -0.2) is 44.5 Å². The lowest BCUT2D eigenvalue weighted by Gasteiger charge is -2.27. The number of aryl methyl sites for hydroxylation is 1. The summed E-state index contributed by atoms with van der Waals surface area (Å²) in [6, 6.07) is 6.65. The van der Waals surface area contributed by atoms with Gasteiger partial charge in [0, 0.05) is 24.3 Å². The molecule has 1 saturated heterocycles. The van der Waals surface area contributed by atoms with Gasteiger partial charge in [-0.2, -0.15) is 0 Å². The summed E-state index contributed by atoms with van der Waals surface area (Å²) in [7, 11) is 0. The molecular weight excluding hydrogens is 354 g/mol. The van der Waals surface area contributed by atoms with Crippen LogP contribution in [0.3, 0.4) is 0 Å². The number of rotatable bonds is 4. The molecule has 1 aliphatic rings. The highest BCUT2D eigenvalue weighted by Gasteiger charge is 2.35. The summed E-state index contributed by atoms with van der Waals surface area (Å²) in [5, 5.41) is 2.93. The van der Waals surface area contributed by atoms with Crippen molar-refractivity contribution in [2.24, 2.45) is 0 Å². The topological polar surface area (TPSA) is 84.5 Å². The van der Waals surface area contributed by atoms with Gasteiger partial charge in [0.25, 0.3) is 0 Å². The van der Waals surface area contributed by atoms with Gasteiger partial charge in [-0.15, -0.1) is 11.8 Å². The molecule has 2 amide bonds. The zero-order chi connectivity index (χ0) is 18.9. The Kier molecular flexibility index (Phi) is 5.13. The van der Waals surface area contributed by atoms with Gasteiger partial charge < -0.3 is 14.6 Å². The first kappa shape index (κ1) is 18.6. The number of hydrogen-bond acceptors (Lipinski definition) is 5. The SMILES string of the molecule is CC(C)(C)NC(=O)C1CSCN1C(=O)CCn1c(=O)oc2ccccc21. The average molecular weight is 377 g/mol. The largest absolute Gasteiger partial charge is 0.419 e. The number of oxazole rings is 1. The van der Waals surface area contributed by atoms with Crippen molar-refractivity contribution in [3.8, 4) is 0 Å². The van der Waals surface area contributed by atoms with E-state index < -0.39 is 11.8 Å². The molecule has 3 rings (SSSR count). The van der Waals surface area contributed by atoms with Crippen LogP contribution in [0.4, 0.5) is 0 Å². The minimum Gasteiger partial charge on any atom is -0.408 e. The first-order valence-electron chi connectivity index (χ1n) is 8.54. The monoisotopic (exact) mass is 377 g/mol. The highest BCUT2D eigenvalue weighted by Crippen LogP contribution is 2.23. The number of aromatic nitrogens is 1. The molecule has 8 heteroatoms. The zero-order valence-corrected chi connectivity index (χ0v) is 16.0. The fraction of sp³-hybridized carbons (Fsp3) is 0.500. The fourth-order valence-corrected chi connectivity index (χ4v) is 4.12. The van der Waals surface area contributed by atoms with Crippen molar-refractivity contribution in [3.63, 3.8) is 0 Å². The Labute approximate surface area is 155 Å². The van der Waals surface area contributed by atoms with Gasteiger partial charge in [0.1, 0.15) is 6.04 Å². The predicted octanol–water partition coefficient (Wildman–Crippen LogP) is 1.80. The van der Waals surface area contributed by atoms with Gasteiger partial charge in [0.2, 0.25) is 11.8 Å². The second-order valence-corrected chi connectivity index (χ2v) is 8.36.